The Labute approximate surface area is 244 Å². The minimum atomic E-state index is -0.346. The van der Waals surface area contributed by atoms with Crippen molar-refractivity contribution in [1.29, 1.82) is 0 Å². The lowest BCUT2D eigenvalue weighted by atomic mass is 10.2. The fourth-order valence-electron chi connectivity index (χ4n) is 5.16. The summed E-state index contributed by atoms with van der Waals surface area (Å²) in [6, 6.07) is 19.2. The zero-order chi connectivity index (χ0) is 28.6. The Morgan fingerprint density at radius 3 is 2.67 bits per heavy atom. The first-order chi connectivity index (χ1) is 20.5. The lowest BCUT2D eigenvalue weighted by Crippen LogP contribution is -2.32. The van der Waals surface area contributed by atoms with Crippen molar-refractivity contribution in [2.45, 2.75) is 25.0 Å². The lowest BCUT2D eigenvalue weighted by Gasteiger charge is -2.15. The summed E-state index contributed by atoms with van der Waals surface area (Å²) in [7, 11) is 2.00. The number of likely N-dealkylation sites (tertiary alicyclic amines) is 1. The number of para-hydroxylation sites is 2. The van der Waals surface area contributed by atoms with Crippen LogP contribution in [-0.2, 0) is 6.54 Å². The van der Waals surface area contributed by atoms with Crippen molar-refractivity contribution in [3.05, 3.63) is 78.3 Å². The normalized spacial score (nSPS) is 17.4. The van der Waals surface area contributed by atoms with Gasteiger partial charge in [0, 0.05) is 30.1 Å². The Balaban J connectivity index is 1.17. The number of amides is 1. The fraction of sp³-hybridized carbons (Fsp3) is 0.233. The van der Waals surface area contributed by atoms with Gasteiger partial charge in [-0.15, -0.1) is 0 Å². The molecule has 2 aromatic carbocycles. The second-order valence-corrected chi connectivity index (χ2v) is 11.3. The lowest BCUT2D eigenvalue weighted by molar-refractivity contribution is 0.102. The second-order valence-electron chi connectivity index (χ2n) is 10.3. The van der Waals surface area contributed by atoms with E-state index in [1.165, 1.54) is 17.6 Å². The summed E-state index contributed by atoms with van der Waals surface area (Å²) in [5.74, 6) is 1.63. The number of hydrogen-bond acceptors (Lipinski definition) is 11. The summed E-state index contributed by atoms with van der Waals surface area (Å²) in [4.78, 5) is 33.6. The Morgan fingerprint density at radius 2 is 1.86 bits per heavy atom. The number of anilines is 1. The van der Waals surface area contributed by atoms with Gasteiger partial charge in [-0.05, 0) is 37.7 Å². The minimum Gasteiger partial charge on any atom is -0.460 e. The van der Waals surface area contributed by atoms with Crippen LogP contribution >= 0.6 is 11.3 Å². The Morgan fingerprint density at radius 1 is 1.05 bits per heavy atom. The zero-order valence-electron chi connectivity index (χ0n) is 22.7. The quantitative estimate of drug-likeness (QED) is 0.234. The van der Waals surface area contributed by atoms with E-state index < -0.39 is 0 Å². The van der Waals surface area contributed by atoms with Gasteiger partial charge in [0.1, 0.15) is 17.7 Å². The molecule has 42 heavy (non-hydrogen) atoms. The largest absolute Gasteiger partial charge is 0.460 e. The van der Waals surface area contributed by atoms with Gasteiger partial charge in [0.15, 0.2) is 28.3 Å². The number of carbonyl (C=O) groups is 1. The van der Waals surface area contributed by atoms with E-state index in [-0.39, 0.29) is 30.4 Å². The molecule has 1 fully saturated rings. The van der Waals surface area contributed by atoms with Crippen LogP contribution in [0.1, 0.15) is 22.6 Å². The first-order valence-corrected chi connectivity index (χ1v) is 14.4. The molecule has 212 valence electrons. The van der Waals surface area contributed by atoms with Crippen LogP contribution in [0.2, 0.25) is 0 Å². The number of benzene rings is 2. The molecular weight excluding hydrogens is 554 g/mol. The number of aliphatic hydroxyl groups is 1. The predicted octanol–water partition coefficient (Wildman–Crippen LogP) is 4.56. The molecule has 0 radical (unpaired) electrons. The van der Waals surface area contributed by atoms with Gasteiger partial charge in [0.25, 0.3) is 5.91 Å². The number of rotatable bonds is 8. The van der Waals surface area contributed by atoms with Crippen LogP contribution in [0.15, 0.2) is 75.8 Å². The molecule has 1 unspecified atom stereocenters. The van der Waals surface area contributed by atoms with Crippen molar-refractivity contribution in [1.82, 2.24) is 30.2 Å². The highest BCUT2D eigenvalue weighted by Crippen LogP contribution is 2.29. The summed E-state index contributed by atoms with van der Waals surface area (Å²) in [5, 5.41) is 17.4. The molecule has 4 aromatic heterocycles. The van der Waals surface area contributed by atoms with Crippen molar-refractivity contribution in [2.75, 3.05) is 25.5 Å². The van der Waals surface area contributed by atoms with E-state index in [2.05, 4.69) is 30.5 Å². The molecule has 6 aromatic rings. The maximum Gasteiger partial charge on any atom is 0.260 e. The Hall–Kier alpha value is -4.49. The number of carbonyl (C=O) groups excluding carboxylic acids is 1. The molecule has 2 atom stereocenters. The smallest absolute Gasteiger partial charge is 0.260 e. The van der Waals surface area contributed by atoms with Crippen LogP contribution in [-0.4, -0.2) is 68.1 Å². The molecule has 1 aliphatic heterocycles. The first kappa shape index (κ1) is 26.4. The molecule has 0 aliphatic carbocycles. The number of likely N-dealkylation sites (N-methyl/N-ethyl adjacent to an activating group) is 1. The highest BCUT2D eigenvalue weighted by Gasteiger charge is 2.29. The molecule has 1 saturated heterocycles. The third kappa shape index (κ3) is 5.28. The number of aromatic nitrogens is 4. The van der Waals surface area contributed by atoms with Gasteiger partial charge in [-0.2, -0.15) is 0 Å². The average Bonchev–Trinajstić information content (AvgIpc) is 3.80. The summed E-state index contributed by atoms with van der Waals surface area (Å²) in [5.41, 5.74) is 1.87. The number of furan rings is 2. The number of fused-ring (bicyclic) bond motifs is 2. The van der Waals surface area contributed by atoms with Crippen molar-refractivity contribution < 1.29 is 18.7 Å². The number of nitrogens with one attached hydrogen (secondary N) is 2. The number of aliphatic hydroxyl groups excluding tert-OH is 1. The third-order valence-corrected chi connectivity index (χ3v) is 8.32. The van der Waals surface area contributed by atoms with Crippen molar-refractivity contribution in [3.63, 3.8) is 0 Å². The zero-order valence-corrected chi connectivity index (χ0v) is 23.5. The summed E-state index contributed by atoms with van der Waals surface area (Å²) >= 11 is 1.40. The van der Waals surface area contributed by atoms with Crippen LogP contribution in [0.5, 0.6) is 0 Å². The van der Waals surface area contributed by atoms with Crippen LogP contribution in [0, 0.1) is 0 Å². The van der Waals surface area contributed by atoms with E-state index in [1.54, 1.807) is 6.07 Å². The maximum atomic E-state index is 13.0. The molecule has 7 rings (SSSR count). The van der Waals surface area contributed by atoms with Gasteiger partial charge in [-0.3, -0.25) is 15.0 Å². The molecule has 1 aliphatic rings. The molecule has 0 saturated carbocycles. The van der Waals surface area contributed by atoms with Crippen LogP contribution in [0.3, 0.4) is 0 Å². The topological polar surface area (TPSA) is 142 Å². The molecule has 3 N–H and O–H groups in total. The monoisotopic (exact) mass is 581 g/mol. The molecule has 5 heterocycles. The molecule has 0 spiro atoms. The first-order valence-electron chi connectivity index (χ1n) is 13.6. The van der Waals surface area contributed by atoms with E-state index in [9.17, 15) is 9.90 Å². The van der Waals surface area contributed by atoms with Crippen molar-refractivity contribution in [2.24, 2.45) is 0 Å². The predicted molar refractivity (Wildman–Crippen MR) is 159 cm³/mol. The van der Waals surface area contributed by atoms with Gasteiger partial charge in [0.2, 0.25) is 0 Å². The van der Waals surface area contributed by atoms with Gasteiger partial charge < -0.3 is 19.3 Å². The van der Waals surface area contributed by atoms with E-state index >= 15 is 0 Å². The SMILES string of the molecule is CN1CC(NCc2nc(-c3cc(C(=O)Nc4nc5ccccc5s4)co3)nc(-c3cc4ccccc4o3)n2)C[C@H]1CO. The van der Waals surface area contributed by atoms with Crippen LogP contribution < -0.4 is 10.6 Å². The molecule has 1 amide bonds. The Kier molecular flexibility index (Phi) is 6.96. The van der Waals surface area contributed by atoms with E-state index in [0.29, 0.717) is 40.4 Å². The molecular formula is C30H27N7O4S. The number of thiazole rings is 1. The fourth-order valence-corrected chi connectivity index (χ4v) is 6.02. The second kappa shape index (κ2) is 11.1. The van der Waals surface area contributed by atoms with Crippen molar-refractivity contribution >= 4 is 43.6 Å². The number of hydrogen-bond donors (Lipinski definition) is 3. The Bertz CT molecular complexity index is 1830. The van der Waals surface area contributed by atoms with E-state index in [0.717, 1.165) is 34.2 Å². The standard InChI is InChI=1S/C30H27N7O4S/c1-37-14-19(12-20(37)15-38)31-13-26-33-27(35-28(34-26)24-10-17-6-2-4-8-22(17)41-24)23-11-18(16-40-23)29(39)36-30-32-21-7-3-5-9-25(21)42-30/h2-11,16,19-20,31,38H,12-15H2,1H3,(H,32,36,39)/t19?,20-/m0/s1. The van der Waals surface area contributed by atoms with Gasteiger partial charge in [-0.1, -0.05) is 41.7 Å². The summed E-state index contributed by atoms with van der Waals surface area (Å²) in [6.45, 7) is 1.31. The number of nitrogens with zero attached hydrogens (tertiary/aromatic N) is 5. The molecule has 11 nitrogen and oxygen atoms in total. The molecule has 0 bridgehead atoms. The maximum absolute atomic E-state index is 13.0. The van der Waals surface area contributed by atoms with Crippen molar-refractivity contribution in [3.8, 4) is 23.2 Å². The highest BCUT2D eigenvalue weighted by molar-refractivity contribution is 7.22. The summed E-state index contributed by atoms with van der Waals surface area (Å²) < 4.78 is 12.8. The van der Waals surface area contributed by atoms with E-state index in [1.807, 2.05) is 61.6 Å². The van der Waals surface area contributed by atoms with Gasteiger partial charge >= 0.3 is 0 Å². The van der Waals surface area contributed by atoms with Gasteiger partial charge in [0.05, 0.1) is 28.9 Å². The minimum absolute atomic E-state index is 0.119. The highest BCUT2D eigenvalue weighted by atomic mass is 32.1. The average molecular weight is 582 g/mol. The van der Waals surface area contributed by atoms with Gasteiger partial charge in [-0.25, -0.2) is 19.9 Å². The van der Waals surface area contributed by atoms with Crippen LogP contribution in [0.25, 0.3) is 44.4 Å². The van der Waals surface area contributed by atoms with E-state index in [4.69, 9.17) is 13.8 Å². The summed E-state index contributed by atoms with van der Waals surface area (Å²) in [6.07, 6.45) is 2.20. The van der Waals surface area contributed by atoms with Crippen LogP contribution in [0.4, 0.5) is 5.13 Å². The molecule has 12 heteroatoms. The third-order valence-electron chi connectivity index (χ3n) is 7.37.